The lowest BCUT2D eigenvalue weighted by molar-refractivity contribution is -0.114. The average Bonchev–Trinajstić information content (AvgIpc) is 2.35. The molecule has 1 aromatic rings. The van der Waals surface area contributed by atoms with E-state index >= 15 is 0 Å². The fraction of sp³-hybridized carbons (Fsp3) is 0.273. The lowest BCUT2D eigenvalue weighted by Crippen LogP contribution is -2.29. The van der Waals surface area contributed by atoms with Crippen LogP contribution in [-0.2, 0) is 9.63 Å². The van der Waals surface area contributed by atoms with Crippen LogP contribution in [0.2, 0.25) is 0 Å². The van der Waals surface area contributed by atoms with Crippen molar-refractivity contribution < 1.29 is 19.8 Å². The van der Waals surface area contributed by atoms with Crippen LogP contribution in [0.25, 0.3) is 0 Å². The number of carbonyl (C=O) groups is 1. The second-order valence-electron chi connectivity index (χ2n) is 3.16. The van der Waals surface area contributed by atoms with Crippen molar-refractivity contribution in [3.8, 4) is 0 Å². The van der Waals surface area contributed by atoms with Gasteiger partial charge >= 0.3 is 0 Å². The molecule has 0 aliphatic rings. The van der Waals surface area contributed by atoms with Crippen molar-refractivity contribution in [1.82, 2.24) is 5.32 Å². The Balaban J connectivity index is 3.28. The summed E-state index contributed by atoms with van der Waals surface area (Å²) in [6.07, 6.45) is -1.68. The fourth-order valence-corrected chi connectivity index (χ4v) is 1.36. The third-order valence-electron chi connectivity index (χ3n) is 2.12. The summed E-state index contributed by atoms with van der Waals surface area (Å²) in [5, 5.41) is 24.4. The number of hydrogen-bond donors (Lipinski definition) is 3. The lowest BCUT2D eigenvalue weighted by Gasteiger charge is -2.11. The quantitative estimate of drug-likeness (QED) is 0.384. The first kappa shape index (κ1) is 13.1. The maximum Gasteiger partial charge on any atom is 0.273 e. The van der Waals surface area contributed by atoms with Crippen molar-refractivity contribution >= 4 is 11.6 Å². The van der Waals surface area contributed by atoms with Gasteiger partial charge in [-0.05, 0) is 0 Å². The summed E-state index contributed by atoms with van der Waals surface area (Å²) in [7, 11) is 2.76. The first-order valence-electron chi connectivity index (χ1n) is 4.90. The number of benzene rings is 1. The molecule has 1 rings (SSSR count). The summed E-state index contributed by atoms with van der Waals surface area (Å²) in [5.74, 6) is -0.472. The van der Waals surface area contributed by atoms with Crippen LogP contribution in [0, 0.1) is 0 Å². The van der Waals surface area contributed by atoms with Gasteiger partial charge in [0.05, 0.1) is 0 Å². The molecule has 0 saturated carbocycles. The van der Waals surface area contributed by atoms with E-state index in [0.717, 1.165) is 0 Å². The Hall–Kier alpha value is -1.92. The maximum absolute atomic E-state index is 11.6. The molecule has 92 valence electrons. The third kappa shape index (κ3) is 3.02. The Morgan fingerprint density at radius 2 is 2.06 bits per heavy atom. The van der Waals surface area contributed by atoms with Gasteiger partial charge in [-0.2, -0.15) is 0 Å². The highest BCUT2D eigenvalue weighted by molar-refractivity contribution is 6.45. The van der Waals surface area contributed by atoms with Crippen LogP contribution in [0.3, 0.4) is 0 Å². The molecule has 0 aromatic heterocycles. The Bertz CT molecular complexity index is 429. The van der Waals surface area contributed by atoms with Crippen LogP contribution < -0.4 is 5.32 Å². The highest BCUT2D eigenvalue weighted by Gasteiger charge is 2.19. The number of nitrogens with zero attached hydrogens (tertiary/aromatic N) is 1. The standard InChI is InChI=1S/C11H14N2O4/c1-12-10(14)9(13-17-2)7-5-3-4-6-8(7)11(15)16/h3-6,11,15-16H,1-2H3,(H,12,14)/b13-9+. The minimum atomic E-state index is -1.68. The van der Waals surface area contributed by atoms with Crippen molar-refractivity contribution in [3.05, 3.63) is 35.4 Å². The van der Waals surface area contributed by atoms with E-state index in [0.29, 0.717) is 5.56 Å². The fourth-order valence-electron chi connectivity index (χ4n) is 1.36. The molecule has 0 spiro atoms. The van der Waals surface area contributed by atoms with Crippen LogP contribution in [0.5, 0.6) is 0 Å². The van der Waals surface area contributed by atoms with Crippen LogP contribution in [0.1, 0.15) is 17.4 Å². The average molecular weight is 238 g/mol. The van der Waals surface area contributed by atoms with Gasteiger partial charge < -0.3 is 20.4 Å². The highest BCUT2D eigenvalue weighted by Crippen LogP contribution is 2.17. The Kier molecular flexibility index (Phi) is 4.62. The van der Waals surface area contributed by atoms with Crippen molar-refractivity contribution in [3.63, 3.8) is 0 Å². The number of rotatable bonds is 4. The number of hydrogen-bond acceptors (Lipinski definition) is 5. The third-order valence-corrected chi connectivity index (χ3v) is 2.12. The minimum absolute atomic E-state index is 0.0151. The molecule has 3 N–H and O–H groups in total. The molecule has 0 aliphatic heterocycles. The van der Waals surface area contributed by atoms with Crippen molar-refractivity contribution in [2.75, 3.05) is 14.2 Å². The Labute approximate surface area is 98.5 Å². The number of aliphatic hydroxyl groups excluding tert-OH is 1. The second kappa shape index (κ2) is 5.97. The molecule has 1 amide bonds. The summed E-state index contributed by atoms with van der Waals surface area (Å²) in [6.45, 7) is 0. The predicted molar refractivity (Wildman–Crippen MR) is 61.2 cm³/mol. The molecule has 1 aromatic carbocycles. The molecule has 0 unspecified atom stereocenters. The summed E-state index contributed by atoms with van der Waals surface area (Å²) < 4.78 is 0. The van der Waals surface area contributed by atoms with Gasteiger partial charge in [-0.15, -0.1) is 0 Å². The van der Waals surface area contributed by atoms with E-state index in [1.807, 2.05) is 0 Å². The Morgan fingerprint density at radius 3 is 2.59 bits per heavy atom. The maximum atomic E-state index is 11.6. The van der Waals surface area contributed by atoms with Gasteiger partial charge in [0.2, 0.25) is 0 Å². The zero-order valence-corrected chi connectivity index (χ0v) is 9.54. The van der Waals surface area contributed by atoms with Crippen LogP contribution >= 0.6 is 0 Å². The molecular formula is C11H14N2O4. The number of nitrogens with one attached hydrogen (secondary N) is 1. The molecule has 6 heteroatoms. The van der Waals surface area contributed by atoms with Crippen molar-refractivity contribution in [1.29, 1.82) is 0 Å². The van der Waals surface area contributed by atoms with Gasteiger partial charge in [0.15, 0.2) is 12.0 Å². The van der Waals surface area contributed by atoms with Gasteiger partial charge in [0, 0.05) is 18.2 Å². The van der Waals surface area contributed by atoms with Gasteiger partial charge in [0.25, 0.3) is 5.91 Å². The van der Waals surface area contributed by atoms with E-state index in [2.05, 4.69) is 15.3 Å². The molecule has 0 fully saturated rings. The predicted octanol–water partition coefficient (Wildman–Crippen LogP) is -0.234. The molecule has 17 heavy (non-hydrogen) atoms. The van der Waals surface area contributed by atoms with Crippen LogP contribution in [-0.4, -0.2) is 36.0 Å². The second-order valence-corrected chi connectivity index (χ2v) is 3.16. The molecule has 0 bridgehead atoms. The SMILES string of the molecule is CNC(=O)/C(=N/OC)c1ccccc1C(O)O. The minimum Gasteiger partial charge on any atom is -0.398 e. The number of amides is 1. The summed E-state index contributed by atoms with van der Waals surface area (Å²) in [5.41, 5.74) is 0.481. The van der Waals surface area contributed by atoms with Gasteiger partial charge in [-0.3, -0.25) is 4.79 Å². The van der Waals surface area contributed by atoms with Crippen LogP contribution in [0.4, 0.5) is 0 Å². The molecular weight excluding hydrogens is 224 g/mol. The van der Waals surface area contributed by atoms with Crippen LogP contribution in [0.15, 0.2) is 29.4 Å². The molecule has 6 nitrogen and oxygen atoms in total. The van der Waals surface area contributed by atoms with E-state index in [1.54, 1.807) is 18.2 Å². The topological polar surface area (TPSA) is 91.2 Å². The Morgan fingerprint density at radius 1 is 1.41 bits per heavy atom. The lowest BCUT2D eigenvalue weighted by atomic mass is 10.0. The summed E-state index contributed by atoms with van der Waals surface area (Å²) >= 11 is 0. The smallest absolute Gasteiger partial charge is 0.273 e. The van der Waals surface area contributed by atoms with E-state index in [4.69, 9.17) is 0 Å². The van der Waals surface area contributed by atoms with Gasteiger partial charge in [-0.25, -0.2) is 0 Å². The van der Waals surface area contributed by atoms with E-state index in [1.165, 1.54) is 20.2 Å². The molecule has 0 radical (unpaired) electrons. The van der Waals surface area contributed by atoms with Crippen molar-refractivity contribution in [2.24, 2.45) is 5.16 Å². The van der Waals surface area contributed by atoms with E-state index in [-0.39, 0.29) is 11.3 Å². The van der Waals surface area contributed by atoms with E-state index < -0.39 is 12.2 Å². The summed E-state index contributed by atoms with van der Waals surface area (Å²) in [6, 6.07) is 6.35. The molecule has 0 heterocycles. The monoisotopic (exact) mass is 238 g/mol. The van der Waals surface area contributed by atoms with E-state index in [9.17, 15) is 15.0 Å². The number of aliphatic hydroxyl groups is 2. The number of carbonyl (C=O) groups excluding carboxylic acids is 1. The van der Waals surface area contributed by atoms with Gasteiger partial charge in [0.1, 0.15) is 7.11 Å². The van der Waals surface area contributed by atoms with Gasteiger partial charge in [-0.1, -0.05) is 29.4 Å². The molecule has 0 atom stereocenters. The normalized spacial score (nSPS) is 11.5. The molecule has 0 saturated heterocycles. The number of likely N-dealkylation sites (N-methyl/N-ethyl adjacent to an activating group) is 1. The number of oxime groups is 1. The summed E-state index contributed by atoms with van der Waals surface area (Å²) in [4.78, 5) is 16.2. The largest absolute Gasteiger partial charge is 0.398 e. The van der Waals surface area contributed by atoms with Crippen molar-refractivity contribution in [2.45, 2.75) is 6.29 Å². The zero-order chi connectivity index (χ0) is 12.8. The first-order chi connectivity index (χ1) is 8.11. The highest BCUT2D eigenvalue weighted by atomic mass is 16.6. The zero-order valence-electron chi connectivity index (χ0n) is 9.54. The molecule has 0 aliphatic carbocycles. The first-order valence-corrected chi connectivity index (χ1v) is 4.90.